The second kappa shape index (κ2) is 6.64. The molecule has 1 saturated heterocycles. The highest BCUT2D eigenvalue weighted by Gasteiger charge is 2.35. The van der Waals surface area contributed by atoms with E-state index in [1.165, 1.54) is 6.07 Å². The quantitative estimate of drug-likeness (QED) is 0.832. The van der Waals surface area contributed by atoms with Gasteiger partial charge in [-0.15, -0.1) is 0 Å². The molecule has 3 nitrogen and oxygen atoms in total. The van der Waals surface area contributed by atoms with Crippen molar-refractivity contribution in [2.24, 2.45) is 0 Å². The lowest BCUT2D eigenvalue weighted by atomic mass is 9.92. The Morgan fingerprint density at radius 2 is 2.08 bits per heavy atom. The van der Waals surface area contributed by atoms with Crippen LogP contribution in [0.25, 0.3) is 10.9 Å². The average molecular weight is 342 g/mol. The Balaban J connectivity index is 2.17. The van der Waals surface area contributed by atoms with Crippen LogP contribution in [0.15, 0.2) is 24.3 Å². The zero-order chi connectivity index (χ0) is 17.3. The second-order valence-corrected chi connectivity index (χ2v) is 6.04. The summed E-state index contributed by atoms with van der Waals surface area (Å²) in [6, 6.07) is 5.11. The Hall–Kier alpha value is -1.73. The fourth-order valence-electron chi connectivity index (χ4n) is 3.20. The number of pyridine rings is 1. The van der Waals surface area contributed by atoms with Gasteiger partial charge in [-0.1, -0.05) is 24.6 Å². The predicted octanol–water partition coefficient (Wildman–Crippen LogP) is 3.90. The highest BCUT2D eigenvalue weighted by Crippen LogP contribution is 2.36. The summed E-state index contributed by atoms with van der Waals surface area (Å²) in [5, 5.41) is 14.1. The summed E-state index contributed by atoms with van der Waals surface area (Å²) >= 11 is 0. The van der Waals surface area contributed by atoms with Gasteiger partial charge in [-0.25, -0.2) is 9.37 Å². The number of hydrogen-bond acceptors (Lipinski definition) is 3. The molecule has 0 aliphatic carbocycles. The molecule has 2 aromatic rings. The molecular formula is C17H18F4N2O. The second-order valence-electron chi connectivity index (χ2n) is 6.04. The molecule has 1 aromatic carbocycles. The first-order chi connectivity index (χ1) is 11.4. The summed E-state index contributed by atoms with van der Waals surface area (Å²) in [4.78, 5) is 3.61. The van der Waals surface area contributed by atoms with Crippen molar-refractivity contribution in [1.82, 2.24) is 10.3 Å². The average Bonchev–Trinajstić information content (AvgIpc) is 2.59. The number of aliphatic hydroxyl groups is 1. The van der Waals surface area contributed by atoms with E-state index in [2.05, 4.69) is 10.3 Å². The van der Waals surface area contributed by atoms with Gasteiger partial charge in [0.05, 0.1) is 11.6 Å². The molecule has 2 N–H and O–H groups in total. The number of nitrogens with zero attached hydrogens (tertiary/aromatic N) is 1. The zero-order valence-corrected chi connectivity index (χ0v) is 12.9. The molecule has 1 aromatic heterocycles. The maximum absolute atomic E-state index is 13.2. The lowest BCUT2D eigenvalue weighted by Gasteiger charge is -2.29. The summed E-state index contributed by atoms with van der Waals surface area (Å²) < 4.78 is 52.7. The Kier molecular flexibility index (Phi) is 4.73. The Bertz CT molecular complexity index is 726. The topological polar surface area (TPSA) is 45.2 Å². The normalized spacial score (nSPS) is 20.3. The van der Waals surface area contributed by atoms with Crippen molar-refractivity contribution in [2.45, 2.75) is 44.3 Å². The number of halogens is 4. The number of rotatable bonds is 3. The third-order valence-electron chi connectivity index (χ3n) is 4.44. The van der Waals surface area contributed by atoms with Crippen molar-refractivity contribution in [3.63, 3.8) is 0 Å². The highest BCUT2D eigenvalue weighted by molar-refractivity contribution is 5.85. The van der Waals surface area contributed by atoms with Gasteiger partial charge < -0.3 is 10.4 Å². The van der Waals surface area contributed by atoms with Gasteiger partial charge in [0.25, 0.3) is 0 Å². The van der Waals surface area contributed by atoms with Gasteiger partial charge in [0.15, 0.2) is 0 Å². The molecule has 0 bridgehead atoms. The van der Waals surface area contributed by atoms with Gasteiger partial charge in [-0.2, -0.15) is 13.2 Å². The molecule has 0 saturated carbocycles. The summed E-state index contributed by atoms with van der Waals surface area (Å²) in [6.45, 7) is -0.199. The van der Waals surface area contributed by atoms with Crippen LogP contribution in [0, 0.1) is 0 Å². The summed E-state index contributed by atoms with van der Waals surface area (Å²) in [6.07, 6.45) is -3.22. The lowest BCUT2D eigenvalue weighted by molar-refractivity contribution is -0.141. The zero-order valence-electron chi connectivity index (χ0n) is 12.9. The molecule has 0 amide bonds. The van der Waals surface area contributed by atoms with Crippen molar-refractivity contribution in [1.29, 1.82) is 0 Å². The molecule has 0 radical (unpaired) electrons. The number of hydrogen-bond donors (Lipinski definition) is 2. The fraction of sp³-hybridized carbons (Fsp3) is 0.471. The van der Waals surface area contributed by atoms with E-state index in [9.17, 15) is 22.7 Å². The highest BCUT2D eigenvalue weighted by atomic mass is 19.4. The van der Waals surface area contributed by atoms with Crippen LogP contribution < -0.4 is 5.32 Å². The third kappa shape index (κ3) is 3.23. The first-order valence-corrected chi connectivity index (χ1v) is 7.89. The third-order valence-corrected chi connectivity index (χ3v) is 4.44. The minimum absolute atomic E-state index is 0.0420. The first kappa shape index (κ1) is 17.1. The molecule has 130 valence electrons. The van der Waals surface area contributed by atoms with Crippen LogP contribution in [0.1, 0.15) is 42.2 Å². The maximum Gasteiger partial charge on any atom is 0.433 e. The van der Waals surface area contributed by atoms with Gasteiger partial charge >= 0.3 is 6.18 Å². The van der Waals surface area contributed by atoms with Crippen LogP contribution in [-0.4, -0.2) is 22.7 Å². The van der Waals surface area contributed by atoms with Gasteiger partial charge in [0.1, 0.15) is 12.4 Å². The number of aromatic nitrogens is 1. The van der Waals surface area contributed by atoms with Crippen LogP contribution in [-0.2, 0) is 12.9 Å². The first-order valence-electron chi connectivity index (χ1n) is 7.89. The maximum atomic E-state index is 13.2. The number of nitrogens with one attached hydrogen (secondary N) is 1. The number of benzene rings is 1. The SMILES string of the molecule is OC(c1cc(C(F)(F)F)nc2c(CF)cccc12)C1CCCCN1. The molecule has 7 heteroatoms. The van der Waals surface area contributed by atoms with E-state index in [1.54, 1.807) is 12.1 Å². The van der Waals surface area contributed by atoms with Gasteiger partial charge in [-0.05, 0) is 31.0 Å². The molecular weight excluding hydrogens is 324 g/mol. The number of para-hydroxylation sites is 1. The van der Waals surface area contributed by atoms with Crippen LogP contribution >= 0.6 is 0 Å². The van der Waals surface area contributed by atoms with E-state index in [0.29, 0.717) is 18.4 Å². The van der Waals surface area contributed by atoms with E-state index < -0.39 is 24.6 Å². The van der Waals surface area contributed by atoms with Gasteiger partial charge in [-0.3, -0.25) is 0 Å². The van der Waals surface area contributed by atoms with Crippen LogP contribution in [0.2, 0.25) is 0 Å². The van der Waals surface area contributed by atoms with E-state index in [4.69, 9.17) is 0 Å². The number of aliphatic hydroxyl groups excluding tert-OH is 1. The Morgan fingerprint density at radius 3 is 2.71 bits per heavy atom. The number of alkyl halides is 4. The number of fused-ring (bicyclic) bond motifs is 1. The largest absolute Gasteiger partial charge is 0.433 e. The molecule has 0 spiro atoms. The summed E-state index contributed by atoms with van der Waals surface area (Å²) in [7, 11) is 0. The monoisotopic (exact) mass is 342 g/mol. The fourth-order valence-corrected chi connectivity index (χ4v) is 3.20. The van der Waals surface area contributed by atoms with Crippen LogP contribution in [0.4, 0.5) is 17.6 Å². The van der Waals surface area contributed by atoms with Crippen molar-refractivity contribution in [3.05, 3.63) is 41.1 Å². The number of piperidine rings is 1. The van der Waals surface area contributed by atoms with Gasteiger partial charge in [0.2, 0.25) is 0 Å². The van der Waals surface area contributed by atoms with E-state index in [0.717, 1.165) is 18.9 Å². The molecule has 1 fully saturated rings. The molecule has 2 heterocycles. The van der Waals surface area contributed by atoms with Crippen molar-refractivity contribution in [3.8, 4) is 0 Å². The van der Waals surface area contributed by atoms with Crippen molar-refractivity contribution >= 4 is 10.9 Å². The predicted molar refractivity (Wildman–Crippen MR) is 82.2 cm³/mol. The van der Waals surface area contributed by atoms with E-state index in [-0.39, 0.29) is 22.7 Å². The molecule has 24 heavy (non-hydrogen) atoms. The summed E-state index contributed by atoms with van der Waals surface area (Å²) in [5.41, 5.74) is -0.925. The minimum atomic E-state index is -4.66. The molecule has 1 aliphatic rings. The molecule has 2 unspecified atom stereocenters. The minimum Gasteiger partial charge on any atom is -0.387 e. The Labute approximate surface area is 136 Å². The van der Waals surface area contributed by atoms with Crippen LogP contribution in [0.5, 0.6) is 0 Å². The van der Waals surface area contributed by atoms with Crippen molar-refractivity contribution in [2.75, 3.05) is 6.54 Å². The molecule has 2 atom stereocenters. The standard InChI is InChI=1S/C17H18F4N2O/c18-9-10-4-3-5-11-12(16(24)13-6-1-2-7-22-13)8-14(17(19,20)21)23-15(10)11/h3-5,8,13,16,22,24H,1-2,6-7,9H2. The van der Waals surface area contributed by atoms with Crippen LogP contribution in [0.3, 0.4) is 0 Å². The van der Waals surface area contributed by atoms with Crippen molar-refractivity contribution < 1.29 is 22.7 Å². The summed E-state index contributed by atoms with van der Waals surface area (Å²) in [5.74, 6) is 0. The van der Waals surface area contributed by atoms with E-state index in [1.807, 2.05) is 0 Å². The van der Waals surface area contributed by atoms with Gasteiger partial charge in [0, 0.05) is 17.0 Å². The lowest BCUT2D eigenvalue weighted by Crippen LogP contribution is -2.39. The molecule has 1 aliphatic heterocycles. The smallest absolute Gasteiger partial charge is 0.387 e. The Morgan fingerprint density at radius 1 is 1.29 bits per heavy atom. The molecule has 3 rings (SSSR count). The van der Waals surface area contributed by atoms with E-state index >= 15 is 0 Å².